The Morgan fingerprint density at radius 1 is 1.19 bits per heavy atom. The average molecular weight is 388 g/mol. The van der Waals surface area contributed by atoms with Crippen LogP contribution >= 0.6 is 11.6 Å². The van der Waals surface area contributed by atoms with Crippen molar-refractivity contribution in [2.45, 2.75) is 44.0 Å². The maximum Gasteiger partial charge on any atom is 0.125 e. The molecular formula is C22H26ClNO3. The van der Waals surface area contributed by atoms with Gasteiger partial charge in [-0.1, -0.05) is 35.4 Å². The van der Waals surface area contributed by atoms with E-state index in [1.54, 1.807) is 0 Å². The van der Waals surface area contributed by atoms with Gasteiger partial charge in [-0.05, 0) is 49.6 Å². The number of likely N-dealkylation sites (tertiary alicyclic amines) is 1. The number of rotatable bonds is 3. The minimum atomic E-state index is -0.530. The second-order valence-corrected chi connectivity index (χ2v) is 8.35. The molecule has 0 radical (unpaired) electrons. The van der Waals surface area contributed by atoms with Gasteiger partial charge in [-0.15, -0.1) is 0 Å². The van der Waals surface area contributed by atoms with Crippen molar-refractivity contribution in [2.75, 3.05) is 19.6 Å². The lowest BCUT2D eigenvalue weighted by Crippen LogP contribution is -2.51. The fourth-order valence-corrected chi connectivity index (χ4v) is 4.37. The lowest BCUT2D eigenvalue weighted by atomic mass is 9.81. The van der Waals surface area contributed by atoms with E-state index < -0.39 is 12.2 Å². The third-order valence-corrected chi connectivity index (χ3v) is 6.12. The van der Waals surface area contributed by atoms with E-state index in [2.05, 4.69) is 4.90 Å². The number of ether oxygens (including phenoxy) is 1. The highest BCUT2D eigenvalue weighted by Crippen LogP contribution is 2.44. The van der Waals surface area contributed by atoms with Crippen molar-refractivity contribution in [3.63, 3.8) is 0 Å². The van der Waals surface area contributed by atoms with Gasteiger partial charge in [0, 0.05) is 36.6 Å². The van der Waals surface area contributed by atoms with E-state index in [0.29, 0.717) is 18.0 Å². The zero-order chi connectivity index (χ0) is 19.0. The van der Waals surface area contributed by atoms with E-state index in [-0.39, 0.29) is 5.60 Å². The lowest BCUT2D eigenvalue weighted by Gasteiger charge is -2.46. The highest BCUT2D eigenvalue weighted by molar-refractivity contribution is 6.30. The molecule has 144 valence electrons. The Bertz CT molecular complexity index is 800. The first-order chi connectivity index (χ1) is 12.9. The average Bonchev–Trinajstić information content (AvgIpc) is 2.65. The summed E-state index contributed by atoms with van der Waals surface area (Å²) in [6, 6.07) is 13.4. The van der Waals surface area contributed by atoms with Crippen LogP contribution in [0.5, 0.6) is 5.75 Å². The molecule has 4 nitrogen and oxygen atoms in total. The summed E-state index contributed by atoms with van der Waals surface area (Å²) in [6.45, 7) is 4.31. The number of fused-ring (bicyclic) bond motifs is 1. The quantitative estimate of drug-likeness (QED) is 0.834. The first-order valence-electron chi connectivity index (χ1n) is 9.58. The van der Waals surface area contributed by atoms with Crippen LogP contribution in [-0.2, 0) is 0 Å². The van der Waals surface area contributed by atoms with Gasteiger partial charge in [-0.2, -0.15) is 0 Å². The Hall–Kier alpha value is -1.59. The molecule has 2 N–H and O–H groups in total. The molecule has 0 aromatic heterocycles. The fraction of sp³-hybridized carbons (Fsp3) is 0.455. The Morgan fingerprint density at radius 2 is 1.89 bits per heavy atom. The van der Waals surface area contributed by atoms with Crippen LogP contribution in [0, 0.1) is 6.92 Å². The lowest BCUT2D eigenvalue weighted by molar-refractivity contribution is -0.0588. The number of aliphatic hydroxyl groups excluding tert-OH is 2. The summed E-state index contributed by atoms with van der Waals surface area (Å²) < 4.78 is 6.37. The Morgan fingerprint density at radius 3 is 2.59 bits per heavy atom. The van der Waals surface area contributed by atoms with Gasteiger partial charge >= 0.3 is 0 Å². The molecule has 0 unspecified atom stereocenters. The predicted molar refractivity (Wildman–Crippen MR) is 106 cm³/mol. The molecule has 2 atom stereocenters. The minimum Gasteiger partial charge on any atom is -0.487 e. The minimum absolute atomic E-state index is 0.302. The van der Waals surface area contributed by atoms with Crippen LogP contribution in [0.25, 0.3) is 0 Å². The summed E-state index contributed by atoms with van der Waals surface area (Å²) in [7, 11) is 0. The zero-order valence-corrected chi connectivity index (χ0v) is 16.3. The van der Waals surface area contributed by atoms with Gasteiger partial charge in [0.05, 0.1) is 12.2 Å². The van der Waals surface area contributed by atoms with Crippen molar-refractivity contribution < 1.29 is 14.9 Å². The molecule has 4 rings (SSSR count). The Labute approximate surface area is 165 Å². The van der Waals surface area contributed by atoms with Crippen LogP contribution in [0.1, 0.15) is 48.2 Å². The first kappa shape index (κ1) is 18.8. The van der Waals surface area contributed by atoms with E-state index in [1.165, 1.54) is 0 Å². The number of halogens is 1. The number of aryl methyl sites for hydroxylation is 1. The molecule has 2 aliphatic heterocycles. The number of piperidine rings is 1. The van der Waals surface area contributed by atoms with Gasteiger partial charge in [-0.3, -0.25) is 0 Å². The third-order valence-electron chi connectivity index (χ3n) is 5.87. The van der Waals surface area contributed by atoms with Crippen molar-refractivity contribution in [2.24, 2.45) is 0 Å². The molecule has 0 bridgehead atoms. The third kappa shape index (κ3) is 3.99. The molecule has 2 aromatic carbocycles. The smallest absolute Gasteiger partial charge is 0.125 e. The first-order valence-corrected chi connectivity index (χ1v) is 9.95. The van der Waals surface area contributed by atoms with Gasteiger partial charge in [0.15, 0.2) is 0 Å². The van der Waals surface area contributed by atoms with E-state index >= 15 is 0 Å². The van der Waals surface area contributed by atoms with Crippen LogP contribution in [0.2, 0.25) is 5.02 Å². The van der Waals surface area contributed by atoms with Crippen molar-refractivity contribution in [3.05, 3.63) is 64.2 Å². The predicted octanol–water partition coefficient (Wildman–Crippen LogP) is 4.03. The summed E-state index contributed by atoms with van der Waals surface area (Å²) in [5, 5.41) is 21.8. The maximum absolute atomic E-state index is 10.6. The van der Waals surface area contributed by atoms with Gasteiger partial charge < -0.3 is 19.8 Å². The second-order valence-electron chi connectivity index (χ2n) is 7.91. The zero-order valence-electron chi connectivity index (χ0n) is 15.6. The second kappa shape index (κ2) is 7.44. The van der Waals surface area contributed by atoms with Gasteiger partial charge in [-0.25, -0.2) is 0 Å². The number of nitrogens with zero attached hydrogens (tertiary/aromatic N) is 1. The standard InChI is InChI=1S/C22H26ClNO3/c1-15-2-7-21-18(12-15)19(25)13-22(27-21)8-10-24(11-9-22)14-20(26)16-3-5-17(23)6-4-16/h2-7,12,19-20,25-26H,8-11,13-14H2,1H3/t19-,20+/m1/s1. The topological polar surface area (TPSA) is 52.9 Å². The van der Waals surface area contributed by atoms with Crippen LogP contribution in [0.4, 0.5) is 0 Å². The SMILES string of the molecule is Cc1ccc2c(c1)[C@H](O)CC1(CCN(C[C@H](O)c3ccc(Cl)cc3)CC1)O2. The van der Waals surface area contributed by atoms with Crippen LogP contribution in [0.3, 0.4) is 0 Å². The number of hydrogen-bond acceptors (Lipinski definition) is 4. The summed E-state index contributed by atoms with van der Waals surface area (Å²) in [5.41, 5.74) is 2.62. The van der Waals surface area contributed by atoms with Crippen molar-refractivity contribution >= 4 is 11.6 Å². The van der Waals surface area contributed by atoms with Crippen LogP contribution < -0.4 is 4.74 Å². The highest BCUT2D eigenvalue weighted by atomic mass is 35.5. The monoisotopic (exact) mass is 387 g/mol. The summed E-state index contributed by atoms with van der Waals surface area (Å²) in [5.74, 6) is 0.814. The fourth-order valence-electron chi connectivity index (χ4n) is 4.24. The summed E-state index contributed by atoms with van der Waals surface area (Å²) in [6.07, 6.45) is 1.34. The largest absolute Gasteiger partial charge is 0.487 e. The normalized spacial score (nSPS) is 22.9. The Kier molecular flexibility index (Phi) is 5.17. The van der Waals surface area contributed by atoms with E-state index in [9.17, 15) is 10.2 Å². The molecule has 1 saturated heterocycles. The van der Waals surface area contributed by atoms with E-state index in [0.717, 1.165) is 48.4 Å². The number of benzene rings is 2. The molecule has 1 spiro atoms. The molecule has 2 aliphatic rings. The molecule has 0 saturated carbocycles. The molecule has 1 fully saturated rings. The van der Waals surface area contributed by atoms with Gasteiger partial charge in [0.2, 0.25) is 0 Å². The number of aliphatic hydroxyl groups is 2. The van der Waals surface area contributed by atoms with Crippen molar-refractivity contribution in [1.29, 1.82) is 0 Å². The maximum atomic E-state index is 10.6. The molecule has 27 heavy (non-hydrogen) atoms. The molecule has 2 heterocycles. The van der Waals surface area contributed by atoms with E-state index in [4.69, 9.17) is 16.3 Å². The number of β-amino-alcohol motifs (C(OH)–C–C–N with tert-alkyl or cyclic N) is 1. The molecule has 0 amide bonds. The molecule has 5 heteroatoms. The highest BCUT2D eigenvalue weighted by Gasteiger charge is 2.43. The van der Waals surface area contributed by atoms with Gasteiger partial charge in [0.25, 0.3) is 0 Å². The van der Waals surface area contributed by atoms with E-state index in [1.807, 2.05) is 49.4 Å². The summed E-state index contributed by atoms with van der Waals surface area (Å²) in [4.78, 5) is 2.27. The van der Waals surface area contributed by atoms with Crippen molar-refractivity contribution in [1.82, 2.24) is 4.90 Å². The molecule has 0 aliphatic carbocycles. The number of hydrogen-bond donors (Lipinski definition) is 2. The van der Waals surface area contributed by atoms with Crippen LogP contribution in [-0.4, -0.2) is 40.3 Å². The molecule has 2 aromatic rings. The van der Waals surface area contributed by atoms with Gasteiger partial charge in [0.1, 0.15) is 11.4 Å². The van der Waals surface area contributed by atoms with Crippen LogP contribution in [0.15, 0.2) is 42.5 Å². The summed E-state index contributed by atoms with van der Waals surface area (Å²) >= 11 is 5.92. The Balaban J connectivity index is 1.39. The van der Waals surface area contributed by atoms with Crippen molar-refractivity contribution in [3.8, 4) is 5.75 Å². The molecular weight excluding hydrogens is 362 g/mol.